The minimum Gasteiger partial charge on any atom is -0.343 e. The predicted molar refractivity (Wildman–Crippen MR) is 103 cm³/mol. The molecule has 1 saturated carbocycles. The van der Waals surface area contributed by atoms with Crippen molar-refractivity contribution in [3.63, 3.8) is 0 Å². The van der Waals surface area contributed by atoms with E-state index in [2.05, 4.69) is 15.5 Å². The van der Waals surface area contributed by atoms with Gasteiger partial charge in [0.25, 0.3) is 0 Å². The maximum atomic E-state index is 12.5. The molecule has 140 valence electrons. The molecule has 1 aromatic carbocycles. The van der Waals surface area contributed by atoms with Crippen molar-refractivity contribution in [2.75, 3.05) is 5.75 Å². The zero-order valence-corrected chi connectivity index (χ0v) is 16.5. The van der Waals surface area contributed by atoms with Gasteiger partial charge < -0.3 is 9.84 Å². The van der Waals surface area contributed by atoms with Gasteiger partial charge in [-0.1, -0.05) is 36.0 Å². The Kier molecular flexibility index (Phi) is 6.59. The number of rotatable bonds is 7. The third-order valence-corrected chi connectivity index (χ3v) is 6.02. The average molecular weight is 394 g/mol. The van der Waals surface area contributed by atoms with Gasteiger partial charge in [-0.3, -0.25) is 4.79 Å². The molecular formula is C19H24ClN3O2S. The molecule has 1 aromatic heterocycles. The van der Waals surface area contributed by atoms with Crippen LogP contribution in [0.25, 0.3) is 0 Å². The fourth-order valence-electron chi connectivity index (χ4n) is 3.34. The van der Waals surface area contributed by atoms with Crippen LogP contribution in [0, 0.1) is 6.92 Å². The van der Waals surface area contributed by atoms with E-state index in [0.717, 1.165) is 42.9 Å². The number of benzene rings is 1. The van der Waals surface area contributed by atoms with E-state index in [1.807, 2.05) is 24.3 Å². The fourth-order valence-corrected chi connectivity index (χ4v) is 4.32. The third-order valence-electron chi connectivity index (χ3n) is 4.67. The molecule has 0 saturated heterocycles. The molecule has 2 aromatic rings. The fraction of sp³-hybridized carbons (Fsp3) is 0.526. The van der Waals surface area contributed by atoms with Gasteiger partial charge in [-0.2, -0.15) is 4.98 Å². The number of carbonyl (C=O) groups is 1. The average Bonchev–Trinajstić information content (AvgIpc) is 3.08. The van der Waals surface area contributed by atoms with Crippen LogP contribution < -0.4 is 5.32 Å². The highest BCUT2D eigenvalue weighted by Crippen LogP contribution is 2.35. The monoisotopic (exact) mass is 393 g/mol. The molecule has 5 nitrogen and oxygen atoms in total. The molecule has 1 fully saturated rings. The van der Waals surface area contributed by atoms with Crippen LogP contribution in [0.3, 0.4) is 0 Å². The van der Waals surface area contributed by atoms with Crippen molar-refractivity contribution in [2.24, 2.45) is 0 Å². The van der Waals surface area contributed by atoms with Crippen LogP contribution >= 0.6 is 23.4 Å². The molecule has 7 heteroatoms. The van der Waals surface area contributed by atoms with Crippen LogP contribution in [-0.4, -0.2) is 21.8 Å². The first-order chi connectivity index (χ1) is 12.6. The first-order valence-corrected chi connectivity index (χ1v) is 10.4. The van der Waals surface area contributed by atoms with E-state index in [4.69, 9.17) is 16.1 Å². The Morgan fingerprint density at radius 3 is 2.65 bits per heavy atom. The largest absolute Gasteiger partial charge is 0.343 e. The van der Waals surface area contributed by atoms with Crippen molar-refractivity contribution in [3.05, 3.63) is 41.0 Å². The predicted octanol–water partition coefficient (Wildman–Crippen LogP) is 4.88. The molecule has 1 N–H and O–H groups in total. The van der Waals surface area contributed by atoms with Crippen molar-refractivity contribution in [3.8, 4) is 0 Å². The van der Waals surface area contributed by atoms with Crippen LogP contribution in [0.1, 0.15) is 56.7 Å². The van der Waals surface area contributed by atoms with Gasteiger partial charge in [-0.25, -0.2) is 0 Å². The van der Waals surface area contributed by atoms with Gasteiger partial charge in [-0.15, -0.1) is 11.8 Å². The van der Waals surface area contributed by atoms with Gasteiger partial charge in [0.2, 0.25) is 11.8 Å². The van der Waals surface area contributed by atoms with E-state index in [1.54, 1.807) is 18.7 Å². The molecule has 0 bridgehead atoms. The highest BCUT2D eigenvalue weighted by Gasteiger charge is 2.39. The highest BCUT2D eigenvalue weighted by atomic mass is 35.5. The maximum Gasteiger partial charge on any atom is 0.223 e. The van der Waals surface area contributed by atoms with E-state index < -0.39 is 5.54 Å². The number of hydrogen-bond acceptors (Lipinski definition) is 5. The van der Waals surface area contributed by atoms with Crippen molar-refractivity contribution in [2.45, 2.75) is 62.3 Å². The van der Waals surface area contributed by atoms with Crippen LogP contribution in [0.5, 0.6) is 0 Å². The molecule has 1 aliphatic rings. The molecule has 0 atom stereocenters. The van der Waals surface area contributed by atoms with E-state index in [1.165, 1.54) is 11.3 Å². The summed E-state index contributed by atoms with van der Waals surface area (Å²) in [5.41, 5.74) is -0.462. The van der Waals surface area contributed by atoms with Crippen molar-refractivity contribution in [1.29, 1.82) is 0 Å². The van der Waals surface area contributed by atoms with E-state index in [-0.39, 0.29) is 5.91 Å². The Labute approximate surface area is 163 Å². The summed E-state index contributed by atoms with van der Waals surface area (Å²) in [6.07, 6.45) is 6.39. The number of thioether (sulfide) groups is 1. The smallest absolute Gasteiger partial charge is 0.223 e. The van der Waals surface area contributed by atoms with Gasteiger partial charge in [0.1, 0.15) is 5.54 Å². The lowest BCUT2D eigenvalue weighted by atomic mass is 9.81. The molecule has 0 unspecified atom stereocenters. The normalized spacial score (nSPS) is 16.4. The Hall–Kier alpha value is -1.53. The number of nitrogens with one attached hydrogen (secondary N) is 1. The quantitative estimate of drug-likeness (QED) is 0.536. The third kappa shape index (κ3) is 5.01. The van der Waals surface area contributed by atoms with E-state index >= 15 is 0 Å². The van der Waals surface area contributed by atoms with Gasteiger partial charge >= 0.3 is 0 Å². The second kappa shape index (κ2) is 8.91. The second-order valence-corrected chi connectivity index (χ2v) is 8.34. The summed E-state index contributed by atoms with van der Waals surface area (Å²) in [5.74, 6) is 2.12. The summed E-state index contributed by atoms with van der Waals surface area (Å²) in [4.78, 5) is 18.1. The minimum atomic E-state index is -0.462. The van der Waals surface area contributed by atoms with E-state index in [9.17, 15) is 4.79 Å². The standard InChI is InChI=1S/C19H24ClN3O2S/c1-14-21-18(23-25-14)19(11-3-2-4-12-19)22-17(24)6-5-13-26-16-9-7-15(20)8-10-16/h7-10H,2-6,11-13H2,1H3,(H,22,24). The summed E-state index contributed by atoms with van der Waals surface area (Å²) in [6, 6.07) is 7.78. The summed E-state index contributed by atoms with van der Waals surface area (Å²) in [7, 11) is 0. The molecule has 1 heterocycles. The molecule has 1 amide bonds. The molecule has 3 rings (SSSR count). The first kappa shape index (κ1) is 19.2. The number of amides is 1. The SMILES string of the molecule is Cc1nc(C2(NC(=O)CCCSc3ccc(Cl)cc3)CCCCC2)no1. The summed E-state index contributed by atoms with van der Waals surface area (Å²) < 4.78 is 5.16. The van der Waals surface area contributed by atoms with Gasteiger partial charge in [-0.05, 0) is 49.3 Å². The summed E-state index contributed by atoms with van der Waals surface area (Å²) >= 11 is 7.63. The first-order valence-electron chi connectivity index (χ1n) is 9.08. The Morgan fingerprint density at radius 2 is 2.00 bits per heavy atom. The lowest BCUT2D eigenvalue weighted by Gasteiger charge is -2.35. The molecule has 1 aliphatic carbocycles. The number of aromatic nitrogens is 2. The van der Waals surface area contributed by atoms with Crippen molar-refractivity contribution >= 4 is 29.3 Å². The van der Waals surface area contributed by atoms with Gasteiger partial charge in [0, 0.05) is 23.3 Å². The maximum absolute atomic E-state index is 12.5. The Bertz CT molecular complexity index is 727. The number of aryl methyl sites for hydroxylation is 1. The lowest BCUT2D eigenvalue weighted by molar-refractivity contribution is -0.123. The number of hydrogen-bond donors (Lipinski definition) is 1. The number of nitrogens with zero attached hydrogens (tertiary/aromatic N) is 2. The molecule has 0 spiro atoms. The van der Waals surface area contributed by atoms with Crippen LogP contribution in [0.15, 0.2) is 33.7 Å². The zero-order valence-electron chi connectivity index (χ0n) is 15.0. The molecular weight excluding hydrogens is 370 g/mol. The Balaban J connectivity index is 1.51. The van der Waals surface area contributed by atoms with Crippen LogP contribution in [0.2, 0.25) is 5.02 Å². The Morgan fingerprint density at radius 1 is 1.27 bits per heavy atom. The zero-order chi connectivity index (χ0) is 18.4. The lowest BCUT2D eigenvalue weighted by Crippen LogP contribution is -2.48. The minimum absolute atomic E-state index is 0.0612. The van der Waals surface area contributed by atoms with E-state index in [0.29, 0.717) is 18.1 Å². The van der Waals surface area contributed by atoms with Gasteiger partial charge in [0.05, 0.1) is 0 Å². The molecule has 0 aliphatic heterocycles. The topological polar surface area (TPSA) is 68.0 Å². The molecule has 0 radical (unpaired) electrons. The highest BCUT2D eigenvalue weighted by molar-refractivity contribution is 7.99. The van der Waals surface area contributed by atoms with Crippen LogP contribution in [0.4, 0.5) is 0 Å². The van der Waals surface area contributed by atoms with Gasteiger partial charge in [0.15, 0.2) is 5.82 Å². The second-order valence-electron chi connectivity index (χ2n) is 6.73. The summed E-state index contributed by atoms with van der Waals surface area (Å²) in [6.45, 7) is 1.78. The van der Waals surface area contributed by atoms with Crippen molar-refractivity contribution < 1.29 is 9.32 Å². The van der Waals surface area contributed by atoms with Crippen LogP contribution in [-0.2, 0) is 10.3 Å². The number of carbonyl (C=O) groups excluding carboxylic acids is 1. The molecule has 26 heavy (non-hydrogen) atoms. The van der Waals surface area contributed by atoms with Crippen molar-refractivity contribution in [1.82, 2.24) is 15.5 Å². The number of halogens is 1. The summed E-state index contributed by atoms with van der Waals surface area (Å²) in [5, 5.41) is 8.05.